The third-order valence-electron chi connectivity index (χ3n) is 3.69. The molecule has 6 heteroatoms. The number of halogens is 1. The Hall–Kier alpha value is -1.69. The molecule has 104 valence electrons. The minimum atomic E-state index is -0.577. The molecule has 1 saturated heterocycles. The van der Waals surface area contributed by atoms with E-state index in [9.17, 15) is 14.5 Å². The van der Waals surface area contributed by atoms with Gasteiger partial charge in [0.05, 0.1) is 4.92 Å². The summed E-state index contributed by atoms with van der Waals surface area (Å²) in [5.41, 5.74) is -0.175. The molecule has 0 atom stereocenters. The standard InChI is InChI=1S/C13H18FN3O2/c1-13(5-7-15-8-6-13)9-16-12-10(14)3-2-4-11(12)17(18)19/h2-4,15-16H,5-9H2,1H3. The molecule has 0 bridgehead atoms. The highest BCUT2D eigenvalue weighted by molar-refractivity contribution is 5.62. The number of piperidine rings is 1. The van der Waals surface area contributed by atoms with E-state index in [1.54, 1.807) is 0 Å². The Morgan fingerprint density at radius 2 is 2.16 bits per heavy atom. The van der Waals surface area contributed by atoms with Gasteiger partial charge in [0.1, 0.15) is 5.69 Å². The molecule has 2 rings (SSSR count). The van der Waals surface area contributed by atoms with Crippen molar-refractivity contribution in [3.05, 3.63) is 34.1 Å². The van der Waals surface area contributed by atoms with Crippen LogP contribution in [0.1, 0.15) is 19.8 Å². The van der Waals surface area contributed by atoms with Crippen LogP contribution in [0.3, 0.4) is 0 Å². The summed E-state index contributed by atoms with van der Waals surface area (Å²) in [4.78, 5) is 10.3. The molecule has 2 N–H and O–H groups in total. The molecule has 19 heavy (non-hydrogen) atoms. The van der Waals surface area contributed by atoms with Crippen LogP contribution in [-0.4, -0.2) is 24.6 Å². The van der Waals surface area contributed by atoms with E-state index < -0.39 is 10.7 Å². The highest BCUT2D eigenvalue weighted by Crippen LogP contribution is 2.32. The lowest BCUT2D eigenvalue weighted by Crippen LogP contribution is -2.39. The van der Waals surface area contributed by atoms with Gasteiger partial charge in [0.2, 0.25) is 0 Å². The van der Waals surface area contributed by atoms with Crippen LogP contribution < -0.4 is 10.6 Å². The summed E-state index contributed by atoms with van der Waals surface area (Å²) < 4.78 is 13.7. The van der Waals surface area contributed by atoms with E-state index >= 15 is 0 Å². The lowest BCUT2D eigenvalue weighted by molar-refractivity contribution is -0.384. The molecule has 1 aromatic rings. The molecule has 1 aromatic carbocycles. The number of rotatable bonds is 4. The predicted octanol–water partition coefficient (Wildman–Crippen LogP) is 2.54. The van der Waals surface area contributed by atoms with Crippen molar-refractivity contribution in [1.82, 2.24) is 5.32 Å². The molecule has 1 fully saturated rings. The number of anilines is 1. The lowest BCUT2D eigenvalue weighted by atomic mass is 9.81. The Bertz CT molecular complexity index is 473. The second-order valence-corrected chi connectivity index (χ2v) is 5.31. The molecule has 0 radical (unpaired) electrons. The molecule has 0 saturated carbocycles. The molecule has 0 unspecified atom stereocenters. The van der Waals surface area contributed by atoms with Gasteiger partial charge in [-0.1, -0.05) is 13.0 Å². The Morgan fingerprint density at radius 3 is 2.79 bits per heavy atom. The quantitative estimate of drug-likeness (QED) is 0.650. The first-order chi connectivity index (χ1) is 9.02. The van der Waals surface area contributed by atoms with Crippen LogP contribution in [0.4, 0.5) is 15.8 Å². The van der Waals surface area contributed by atoms with Crippen molar-refractivity contribution >= 4 is 11.4 Å². The first-order valence-corrected chi connectivity index (χ1v) is 6.39. The average molecular weight is 267 g/mol. The highest BCUT2D eigenvalue weighted by Gasteiger charge is 2.28. The van der Waals surface area contributed by atoms with E-state index in [0.29, 0.717) is 6.54 Å². The van der Waals surface area contributed by atoms with Gasteiger partial charge in [-0.25, -0.2) is 4.39 Å². The summed E-state index contributed by atoms with van der Waals surface area (Å²) in [5, 5.41) is 17.1. The molecule has 0 aromatic heterocycles. The third-order valence-corrected chi connectivity index (χ3v) is 3.69. The summed E-state index contributed by atoms with van der Waals surface area (Å²) in [5.74, 6) is -0.577. The fraction of sp³-hybridized carbons (Fsp3) is 0.538. The summed E-state index contributed by atoms with van der Waals surface area (Å²) >= 11 is 0. The first kappa shape index (κ1) is 13.7. The summed E-state index contributed by atoms with van der Waals surface area (Å²) in [6.07, 6.45) is 1.95. The summed E-state index contributed by atoms with van der Waals surface area (Å²) in [7, 11) is 0. The minimum absolute atomic E-state index is 0.00717. The van der Waals surface area contributed by atoms with Gasteiger partial charge in [-0.05, 0) is 37.4 Å². The number of benzene rings is 1. The van der Waals surface area contributed by atoms with Gasteiger partial charge in [0.25, 0.3) is 5.69 Å². The Balaban J connectivity index is 2.12. The van der Waals surface area contributed by atoms with Gasteiger partial charge in [-0.3, -0.25) is 10.1 Å². The molecule has 0 aliphatic carbocycles. The molecular formula is C13H18FN3O2. The molecule has 0 spiro atoms. The van der Waals surface area contributed by atoms with E-state index in [2.05, 4.69) is 17.6 Å². The first-order valence-electron chi connectivity index (χ1n) is 6.39. The lowest BCUT2D eigenvalue weighted by Gasteiger charge is -2.34. The van der Waals surface area contributed by atoms with Crippen LogP contribution in [0, 0.1) is 21.3 Å². The third kappa shape index (κ3) is 3.20. The van der Waals surface area contributed by atoms with Crippen LogP contribution in [0.15, 0.2) is 18.2 Å². The van der Waals surface area contributed by atoms with Crippen LogP contribution in [0.25, 0.3) is 0 Å². The van der Waals surface area contributed by atoms with Crippen LogP contribution in [-0.2, 0) is 0 Å². The van der Waals surface area contributed by atoms with Gasteiger partial charge in [0, 0.05) is 12.6 Å². The topological polar surface area (TPSA) is 67.2 Å². The molecule has 1 aliphatic heterocycles. The maximum atomic E-state index is 13.7. The van der Waals surface area contributed by atoms with Crippen LogP contribution >= 0.6 is 0 Å². The van der Waals surface area contributed by atoms with E-state index in [0.717, 1.165) is 25.9 Å². The fourth-order valence-electron chi connectivity index (χ4n) is 2.35. The second-order valence-electron chi connectivity index (χ2n) is 5.31. The minimum Gasteiger partial charge on any atom is -0.377 e. The number of nitro groups is 1. The van der Waals surface area contributed by atoms with Crippen molar-refractivity contribution in [2.75, 3.05) is 25.0 Å². The zero-order valence-corrected chi connectivity index (χ0v) is 10.9. The zero-order valence-electron chi connectivity index (χ0n) is 10.9. The molecule has 1 heterocycles. The van der Waals surface area contributed by atoms with Crippen molar-refractivity contribution in [3.63, 3.8) is 0 Å². The Kier molecular flexibility index (Phi) is 3.99. The summed E-state index contributed by atoms with van der Waals surface area (Å²) in [6, 6.07) is 3.90. The smallest absolute Gasteiger partial charge is 0.295 e. The van der Waals surface area contributed by atoms with E-state index in [1.807, 2.05) is 0 Å². The predicted molar refractivity (Wildman–Crippen MR) is 71.8 cm³/mol. The molecule has 0 amide bonds. The van der Waals surface area contributed by atoms with Gasteiger partial charge in [-0.15, -0.1) is 0 Å². The second kappa shape index (κ2) is 5.52. The van der Waals surface area contributed by atoms with Gasteiger partial charge in [0.15, 0.2) is 5.82 Å². The number of para-hydroxylation sites is 1. The van der Waals surface area contributed by atoms with E-state index in [1.165, 1.54) is 18.2 Å². The molecule has 5 nitrogen and oxygen atoms in total. The monoisotopic (exact) mass is 267 g/mol. The number of nitrogens with zero attached hydrogens (tertiary/aromatic N) is 1. The fourth-order valence-corrected chi connectivity index (χ4v) is 2.35. The Morgan fingerprint density at radius 1 is 1.47 bits per heavy atom. The molecule has 1 aliphatic rings. The number of nitro benzene ring substituents is 1. The number of hydrogen-bond donors (Lipinski definition) is 2. The van der Waals surface area contributed by atoms with Crippen LogP contribution in [0.5, 0.6) is 0 Å². The van der Waals surface area contributed by atoms with Crippen molar-refractivity contribution in [2.24, 2.45) is 5.41 Å². The SMILES string of the molecule is CC1(CNc2c(F)cccc2[N+](=O)[O-])CCNCC1. The van der Waals surface area contributed by atoms with E-state index in [4.69, 9.17) is 0 Å². The van der Waals surface area contributed by atoms with Crippen molar-refractivity contribution in [3.8, 4) is 0 Å². The van der Waals surface area contributed by atoms with Gasteiger partial charge >= 0.3 is 0 Å². The number of hydrogen-bond acceptors (Lipinski definition) is 4. The van der Waals surface area contributed by atoms with Crippen molar-refractivity contribution in [1.29, 1.82) is 0 Å². The Labute approximate surface area is 111 Å². The summed E-state index contributed by atoms with van der Waals surface area (Å²) in [6.45, 7) is 4.51. The van der Waals surface area contributed by atoms with Crippen molar-refractivity contribution in [2.45, 2.75) is 19.8 Å². The highest BCUT2D eigenvalue weighted by atomic mass is 19.1. The number of nitrogens with one attached hydrogen (secondary N) is 2. The normalized spacial score (nSPS) is 18.0. The maximum absolute atomic E-state index is 13.7. The largest absolute Gasteiger partial charge is 0.377 e. The average Bonchev–Trinajstić information content (AvgIpc) is 2.38. The zero-order chi connectivity index (χ0) is 13.9. The molecular weight excluding hydrogens is 249 g/mol. The van der Waals surface area contributed by atoms with Gasteiger partial charge < -0.3 is 10.6 Å². The van der Waals surface area contributed by atoms with E-state index in [-0.39, 0.29) is 16.8 Å². The van der Waals surface area contributed by atoms with Gasteiger partial charge in [-0.2, -0.15) is 0 Å². The van der Waals surface area contributed by atoms with Crippen LogP contribution in [0.2, 0.25) is 0 Å². The maximum Gasteiger partial charge on any atom is 0.295 e. The van der Waals surface area contributed by atoms with Crippen molar-refractivity contribution < 1.29 is 9.31 Å².